The summed E-state index contributed by atoms with van der Waals surface area (Å²) in [6.07, 6.45) is 6.57. The Morgan fingerprint density at radius 3 is 2.37 bits per heavy atom. The summed E-state index contributed by atoms with van der Waals surface area (Å²) in [6.45, 7) is 0. The first-order chi connectivity index (χ1) is 14.0. The van der Waals surface area contributed by atoms with Gasteiger partial charge in [0.05, 0.1) is 19.1 Å². The van der Waals surface area contributed by atoms with Crippen LogP contribution >= 0.6 is 12.4 Å². The van der Waals surface area contributed by atoms with Crippen molar-refractivity contribution in [3.05, 3.63) is 29.8 Å². The number of carbonyl (C=O) groups is 2. The molecule has 4 rings (SSSR count). The number of methoxy groups -OCH3 is 1. The summed E-state index contributed by atoms with van der Waals surface area (Å²) in [7, 11) is 3.44. The lowest BCUT2D eigenvalue weighted by Gasteiger charge is -2.46. The molecule has 0 spiro atoms. The number of benzene rings is 1. The van der Waals surface area contributed by atoms with Crippen LogP contribution in [0.3, 0.4) is 0 Å². The van der Waals surface area contributed by atoms with Crippen LogP contribution in [0.1, 0.15) is 56.6 Å². The molecular weight excluding hydrogens is 402 g/mol. The molecule has 30 heavy (non-hydrogen) atoms. The number of nitrogens with two attached hydrogens (primary N) is 1. The van der Waals surface area contributed by atoms with Gasteiger partial charge in [-0.25, -0.2) is 0 Å². The van der Waals surface area contributed by atoms with Crippen molar-refractivity contribution in [1.82, 2.24) is 10.2 Å². The molecule has 0 aromatic heterocycles. The van der Waals surface area contributed by atoms with Gasteiger partial charge in [0.2, 0.25) is 11.8 Å². The van der Waals surface area contributed by atoms with Gasteiger partial charge in [-0.05, 0) is 61.6 Å². The molecule has 7 heteroatoms. The van der Waals surface area contributed by atoms with Crippen LogP contribution in [-0.4, -0.2) is 43.0 Å². The number of likely N-dealkylation sites (tertiary alicyclic amines) is 1. The normalized spacial score (nSPS) is 33.4. The Balaban J connectivity index is 0.00000256. The van der Waals surface area contributed by atoms with Crippen molar-refractivity contribution in [2.75, 3.05) is 14.2 Å². The summed E-state index contributed by atoms with van der Waals surface area (Å²) in [6, 6.07) is 7.97. The zero-order chi connectivity index (χ0) is 20.5. The van der Waals surface area contributed by atoms with Crippen molar-refractivity contribution in [1.29, 1.82) is 0 Å². The van der Waals surface area contributed by atoms with Gasteiger partial charge in [0.15, 0.2) is 0 Å². The average Bonchev–Trinajstić information content (AvgIpc) is 2.70. The second-order valence-corrected chi connectivity index (χ2v) is 9.08. The highest BCUT2D eigenvalue weighted by Gasteiger charge is 2.43. The lowest BCUT2D eigenvalue weighted by molar-refractivity contribution is -0.142. The Labute approximate surface area is 185 Å². The topological polar surface area (TPSA) is 84.7 Å². The molecule has 166 valence electrons. The molecule has 6 nitrogen and oxygen atoms in total. The van der Waals surface area contributed by atoms with E-state index in [2.05, 4.69) is 5.32 Å². The van der Waals surface area contributed by atoms with Crippen LogP contribution in [0.15, 0.2) is 24.3 Å². The Hall–Kier alpha value is -1.79. The van der Waals surface area contributed by atoms with Gasteiger partial charge >= 0.3 is 0 Å². The van der Waals surface area contributed by atoms with Crippen molar-refractivity contribution in [3.8, 4) is 5.75 Å². The predicted octanol–water partition coefficient (Wildman–Crippen LogP) is 3.05. The van der Waals surface area contributed by atoms with Crippen LogP contribution in [0.5, 0.6) is 5.75 Å². The van der Waals surface area contributed by atoms with Crippen LogP contribution in [0, 0.1) is 17.8 Å². The van der Waals surface area contributed by atoms with Crippen LogP contribution in [0.25, 0.3) is 0 Å². The van der Waals surface area contributed by atoms with Crippen molar-refractivity contribution >= 4 is 24.2 Å². The number of halogens is 1. The zero-order valence-electron chi connectivity index (χ0n) is 17.9. The molecule has 1 saturated heterocycles. The second-order valence-electron chi connectivity index (χ2n) is 9.08. The fourth-order valence-electron chi connectivity index (χ4n) is 5.87. The fraction of sp³-hybridized carbons (Fsp3) is 0.652. The van der Waals surface area contributed by atoms with Gasteiger partial charge in [0, 0.05) is 25.6 Å². The first-order valence-electron chi connectivity index (χ1n) is 10.9. The van der Waals surface area contributed by atoms with E-state index in [1.807, 2.05) is 31.3 Å². The van der Waals surface area contributed by atoms with E-state index in [0.717, 1.165) is 37.0 Å². The smallest absolute Gasteiger partial charge is 0.225 e. The number of amides is 2. The first-order valence-corrected chi connectivity index (χ1v) is 10.9. The fourth-order valence-corrected chi connectivity index (χ4v) is 5.87. The maximum Gasteiger partial charge on any atom is 0.225 e. The number of piperidine rings is 1. The molecule has 4 atom stereocenters. The summed E-state index contributed by atoms with van der Waals surface area (Å²) >= 11 is 0. The number of ether oxygens (including phenoxy) is 1. The molecule has 1 aromatic carbocycles. The van der Waals surface area contributed by atoms with Crippen molar-refractivity contribution in [2.45, 2.75) is 63.1 Å². The molecule has 2 bridgehead atoms. The van der Waals surface area contributed by atoms with Crippen LogP contribution < -0.4 is 15.8 Å². The minimum Gasteiger partial charge on any atom is -0.497 e. The van der Waals surface area contributed by atoms with Crippen molar-refractivity contribution in [2.24, 2.45) is 23.5 Å². The lowest BCUT2D eigenvalue weighted by atomic mass is 9.66. The van der Waals surface area contributed by atoms with Gasteiger partial charge in [-0.15, -0.1) is 12.4 Å². The number of nitrogens with one attached hydrogen (secondary N) is 1. The van der Waals surface area contributed by atoms with Crippen LogP contribution in [0.2, 0.25) is 0 Å². The number of hydrogen-bond acceptors (Lipinski definition) is 4. The van der Waals surface area contributed by atoms with Gasteiger partial charge in [0.1, 0.15) is 5.75 Å². The Bertz CT molecular complexity index is 743. The van der Waals surface area contributed by atoms with E-state index in [1.165, 1.54) is 6.42 Å². The molecule has 3 N–H and O–H groups in total. The third-order valence-corrected chi connectivity index (χ3v) is 7.34. The summed E-state index contributed by atoms with van der Waals surface area (Å²) < 4.78 is 5.26. The standard InChI is InChI=1S/C23H33N3O3.ClH/c1-26-20(27)11-10-19(22(26)14-6-8-18(29-2)9-7-14)23(28)25-21-15-4-3-5-16(21)13-17(24)12-15;/h6-9,15-17,19,21-22H,3-5,10-13,24H2,1-2H3,(H,25,28);1H. The molecule has 0 radical (unpaired) electrons. The molecule has 1 heterocycles. The average molecular weight is 436 g/mol. The summed E-state index contributed by atoms with van der Waals surface area (Å²) in [4.78, 5) is 27.6. The van der Waals surface area contributed by atoms with Crippen molar-refractivity contribution < 1.29 is 14.3 Å². The zero-order valence-corrected chi connectivity index (χ0v) is 18.7. The van der Waals surface area contributed by atoms with Crippen LogP contribution in [0.4, 0.5) is 0 Å². The maximum absolute atomic E-state index is 13.4. The van der Waals surface area contributed by atoms with Crippen LogP contribution in [-0.2, 0) is 9.59 Å². The number of rotatable bonds is 4. The molecule has 2 saturated carbocycles. The van der Waals surface area contributed by atoms with E-state index in [-0.39, 0.29) is 48.3 Å². The SMILES string of the molecule is COc1ccc(C2C(C(=O)NC3C4CCCC3CC(N)C4)CCC(=O)N2C)cc1.Cl. The second kappa shape index (κ2) is 9.56. The molecule has 1 aliphatic heterocycles. The molecule has 2 aliphatic carbocycles. The Morgan fingerprint density at radius 1 is 1.13 bits per heavy atom. The van der Waals surface area contributed by atoms with E-state index >= 15 is 0 Å². The number of fused-ring (bicyclic) bond motifs is 2. The Morgan fingerprint density at radius 2 is 1.77 bits per heavy atom. The monoisotopic (exact) mass is 435 g/mol. The quantitative estimate of drug-likeness (QED) is 0.761. The highest BCUT2D eigenvalue weighted by Crippen LogP contribution is 2.41. The molecule has 1 aromatic rings. The highest BCUT2D eigenvalue weighted by molar-refractivity contribution is 5.85. The Kier molecular flexibility index (Phi) is 7.30. The van der Waals surface area contributed by atoms with Gasteiger partial charge in [-0.1, -0.05) is 18.6 Å². The summed E-state index contributed by atoms with van der Waals surface area (Å²) in [5, 5.41) is 3.41. The summed E-state index contributed by atoms with van der Waals surface area (Å²) in [5.41, 5.74) is 7.23. The largest absolute Gasteiger partial charge is 0.497 e. The van der Waals surface area contributed by atoms with Gasteiger partial charge in [-0.3, -0.25) is 9.59 Å². The number of carbonyl (C=O) groups excluding carboxylic acids is 2. The van der Waals surface area contributed by atoms with Crippen molar-refractivity contribution in [3.63, 3.8) is 0 Å². The van der Waals surface area contributed by atoms with E-state index in [0.29, 0.717) is 24.7 Å². The molecule has 3 aliphatic rings. The highest BCUT2D eigenvalue weighted by atomic mass is 35.5. The van der Waals surface area contributed by atoms with E-state index in [4.69, 9.17) is 10.5 Å². The lowest BCUT2D eigenvalue weighted by Crippen LogP contribution is -2.56. The number of hydrogen-bond donors (Lipinski definition) is 2. The minimum absolute atomic E-state index is 0. The molecular formula is C23H34ClN3O3. The van der Waals surface area contributed by atoms with E-state index < -0.39 is 0 Å². The number of nitrogens with zero attached hydrogens (tertiary/aromatic N) is 1. The minimum atomic E-state index is -0.243. The van der Waals surface area contributed by atoms with Gasteiger partial charge in [-0.2, -0.15) is 0 Å². The predicted molar refractivity (Wildman–Crippen MR) is 118 cm³/mol. The molecule has 3 fully saturated rings. The van der Waals surface area contributed by atoms with E-state index in [9.17, 15) is 9.59 Å². The summed E-state index contributed by atoms with van der Waals surface area (Å²) in [5.74, 6) is 1.69. The van der Waals surface area contributed by atoms with E-state index in [1.54, 1.807) is 12.0 Å². The molecule has 4 unspecified atom stereocenters. The third-order valence-electron chi connectivity index (χ3n) is 7.34. The van der Waals surface area contributed by atoms with Gasteiger partial charge < -0.3 is 20.7 Å². The van der Waals surface area contributed by atoms with Gasteiger partial charge in [0.25, 0.3) is 0 Å². The first kappa shape index (κ1) is 22.9. The third kappa shape index (κ3) is 4.45. The maximum atomic E-state index is 13.4. The molecule has 2 amide bonds.